The van der Waals surface area contributed by atoms with Crippen LogP contribution in [0.25, 0.3) is 0 Å². The number of hydrogen-bond donors (Lipinski definition) is 1. The largest absolute Gasteiger partial charge is 0.496 e. The number of carbonyl (C=O) groups excluding carboxylic acids is 2. The van der Waals surface area contributed by atoms with Crippen molar-refractivity contribution in [3.8, 4) is 5.75 Å². The molecule has 6 heteroatoms. The quantitative estimate of drug-likeness (QED) is 0.795. The molecule has 2 aromatic carbocycles. The molecular weight excluding hydrogens is 352 g/mol. The molecule has 0 spiro atoms. The Labute approximate surface area is 158 Å². The van der Waals surface area contributed by atoms with Gasteiger partial charge < -0.3 is 15.0 Å². The number of amides is 2. The van der Waals surface area contributed by atoms with E-state index in [0.29, 0.717) is 23.8 Å². The minimum Gasteiger partial charge on any atom is -0.496 e. The van der Waals surface area contributed by atoms with E-state index in [1.165, 1.54) is 6.92 Å². The molecule has 0 bridgehead atoms. The van der Waals surface area contributed by atoms with Crippen molar-refractivity contribution >= 4 is 29.1 Å². The van der Waals surface area contributed by atoms with Crippen LogP contribution in [0.3, 0.4) is 0 Å². The third-order valence-electron chi connectivity index (χ3n) is 4.08. The number of para-hydroxylation sites is 1. The van der Waals surface area contributed by atoms with Gasteiger partial charge in [0.05, 0.1) is 7.11 Å². The Balaban J connectivity index is 1.98. The van der Waals surface area contributed by atoms with Crippen molar-refractivity contribution in [1.82, 2.24) is 4.90 Å². The lowest BCUT2D eigenvalue weighted by molar-refractivity contribution is -0.129. The number of nitrogens with zero attached hydrogens (tertiary/aromatic N) is 1. The topological polar surface area (TPSA) is 58.6 Å². The number of hydrogen-bond acceptors (Lipinski definition) is 3. The fourth-order valence-electron chi connectivity index (χ4n) is 2.57. The first-order valence-corrected chi connectivity index (χ1v) is 8.72. The highest BCUT2D eigenvalue weighted by molar-refractivity contribution is 6.31. The van der Waals surface area contributed by atoms with Gasteiger partial charge in [-0.25, -0.2) is 0 Å². The van der Waals surface area contributed by atoms with Gasteiger partial charge in [0.1, 0.15) is 5.75 Å². The molecule has 2 amide bonds. The van der Waals surface area contributed by atoms with E-state index < -0.39 is 0 Å². The van der Waals surface area contributed by atoms with Crippen molar-refractivity contribution in [3.63, 3.8) is 0 Å². The number of nitrogens with one attached hydrogen (secondary N) is 1. The maximum Gasteiger partial charge on any atom is 0.226 e. The lowest BCUT2D eigenvalue weighted by atomic mass is 10.1. The average Bonchev–Trinajstić information content (AvgIpc) is 2.61. The molecule has 0 saturated carbocycles. The smallest absolute Gasteiger partial charge is 0.226 e. The second-order valence-corrected chi connectivity index (χ2v) is 6.45. The molecular formula is C20H23ClN2O3. The third kappa shape index (κ3) is 5.49. The zero-order valence-electron chi connectivity index (χ0n) is 15.2. The molecule has 5 nitrogen and oxygen atoms in total. The van der Waals surface area contributed by atoms with E-state index >= 15 is 0 Å². The summed E-state index contributed by atoms with van der Waals surface area (Å²) in [7, 11) is 1.59. The van der Waals surface area contributed by atoms with Crippen LogP contribution in [-0.4, -0.2) is 30.4 Å². The molecule has 0 aromatic heterocycles. The summed E-state index contributed by atoms with van der Waals surface area (Å²) in [6.07, 6.45) is 0.195. The molecule has 0 aliphatic carbocycles. The van der Waals surface area contributed by atoms with Gasteiger partial charge in [-0.05, 0) is 30.7 Å². The highest BCUT2D eigenvalue weighted by Gasteiger charge is 2.14. The van der Waals surface area contributed by atoms with Crippen molar-refractivity contribution in [1.29, 1.82) is 0 Å². The van der Waals surface area contributed by atoms with Crippen LogP contribution in [-0.2, 0) is 16.1 Å². The molecule has 0 atom stereocenters. The number of ether oxygens (including phenoxy) is 1. The van der Waals surface area contributed by atoms with Crippen LogP contribution >= 0.6 is 11.6 Å². The first-order chi connectivity index (χ1) is 12.4. The van der Waals surface area contributed by atoms with E-state index in [9.17, 15) is 9.59 Å². The summed E-state index contributed by atoms with van der Waals surface area (Å²) < 4.78 is 5.33. The van der Waals surface area contributed by atoms with E-state index in [-0.39, 0.29) is 18.2 Å². The van der Waals surface area contributed by atoms with Gasteiger partial charge in [0.15, 0.2) is 0 Å². The Morgan fingerprint density at radius 1 is 1.19 bits per heavy atom. The second kappa shape index (κ2) is 9.25. The number of carbonyl (C=O) groups is 2. The van der Waals surface area contributed by atoms with Crippen LogP contribution in [0, 0.1) is 6.92 Å². The number of aryl methyl sites for hydroxylation is 1. The average molecular weight is 375 g/mol. The first-order valence-electron chi connectivity index (χ1n) is 8.34. The van der Waals surface area contributed by atoms with Crippen LogP contribution in [0.4, 0.5) is 5.69 Å². The normalized spacial score (nSPS) is 10.3. The molecule has 2 rings (SSSR count). The molecule has 2 aromatic rings. The first kappa shape index (κ1) is 19.8. The van der Waals surface area contributed by atoms with Gasteiger partial charge in [0.2, 0.25) is 11.8 Å². The van der Waals surface area contributed by atoms with Crippen LogP contribution in [0.1, 0.15) is 24.5 Å². The zero-order valence-corrected chi connectivity index (χ0v) is 16.0. The van der Waals surface area contributed by atoms with Crippen LogP contribution in [0.5, 0.6) is 5.75 Å². The summed E-state index contributed by atoms with van der Waals surface area (Å²) >= 11 is 5.97. The summed E-state index contributed by atoms with van der Waals surface area (Å²) in [6, 6.07) is 12.9. The number of rotatable bonds is 7. The lowest BCUT2D eigenvalue weighted by Crippen LogP contribution is -2.31. The van der Waals surface area contributed by atoms with Crippen LogP contribution in [0.2, 0.25) is 5.02 Å². The number of benzene rings is 2. The van der Waals surface area contributed by atoms with E-state index in [1.807, 2.05) is 37.3 Å². The van der Waals surface area contributed by atoms with E-state index in [4.69, 9.17) is 16.3 Å². The predicted molar refractivity (Wildman–Crippen MR) is 104 cm³/mol. The maximum atomic E-state index is 12.3. The summed E-state index contributed by atoms with van der Waals surface area (Å²) in [6.45, 7) is 4.10. The number of methoxy groups -OCH3 is 1. The van der Waals surface area contributed by atoms with Crippen molar-refractivity contribution in [3.05, 3.63) is 58.6 Å². The second-order valence-electron chi connectivity index (χ2n) is 6.01. The molecule has 0 unspecified atom stereocenters. The van der Waals surface area contributed by atoms with Crippen LogP contribution in [0.15, 0.2) is 42.5 Å². The van der Waals surface area contributed by atoms with Crippen molar-refractivity contribution in [2.75, 3.05) is 19.0 Å². The van der Waals surface area contributed by atoms with Crippen molar-refractivity contribution < 1.29 is 14.3 Å². The van der Waals surface area contributed by atoms with Gasteiger partial charge in [-0.15, -0.1) is 0 Å². The molecule has 0 aliphatic rings. The fourth-order valence-corrected chi connectivity index (χ4v) is 2.74. The molecule has 0 saturated heterocycles. The number of anilines is 1. The Bertz CT molecular complexity index is 792. The van der Waals surface area contributed by atoms with Gasteiger partial charge in [-0.2, -0.15) is 0 Å². The minimum atomic E-state index is -0.165. The van der Waals surface area contributed by atoms with E-state index in [0.717, 1.165) is 16.9 Å². The Morgan fingerprint density at radius 2 is 1.92 bits per heavy atom. The molecule has 0 aliphatic heterocycles. The highest BCUT2D eigenvalue weighted by atomic mass is 35.5. The summed E-state index contributed by atoms with van der Waals surface area (Å²) in [5, 5.41) is 3.41. The van der Waals surface area contributed by atoms with Gasteiger partial charge in [-0.1, -0.05) is 35.9 Å². The van der Waals surface area contributed by atoms with Gasteiger partial charge in [0.25, 0.3) is 0 Å². The van der Waals surface area contributed by atoms with Crippen molar-refractivity contribution in [2.24, 2.45) is 0 Å². The zero-order chi connectivity index (χ0) is 19.1. The fraction of sp³-hybridized carbons (Fsp3) is 0.300. The predicted octanol–water partition coefficient (Wildman–Crippen LogP) is 4.03. The molecule has 138 valence electrons. The Kier molecular flexibility index (Phi) is 7.04. The van der Waals surface area contributed by atoms with Gasteiger partial charge in [-0.3, -0.25) is 9.59 Å². The summed E-state index contributed by atoms with van der Waals surface area (Å²) in [5.41, 5.74) is 2.51. The lowest BCUT2D eigenvalue weighted by Gasteiger charge is -2.22. The van der Waals surface area contributed by atoms with Crippen LogP contribution < -0.4 is 10.1 Å². The van der Waals surface area contributed by atoms with Gasteiger partial charge in [0, 0.05) is 42.7 Å². The van der Waals surface area contributed by atoms with E-state index in [2.05, 4.69) is 5.32 Å². The van der Waals surface area contributed by atoms with E-state index in [1.54, 1.807) is 24.1 Å². The third-order valence-corrected chi connectivity index (χ3v) is 4.32. The minimum absolute atomic E-state index is 0.0948. The van der Waals surface area contributed by atoms with Crippen molar-refractivity contribution in [2.45, 2.75) is 26.8 Å². The SMILES string of the molecule is COc1ccccc1CN(CCC(=O)Nc1cc(Cl)ccc1C)C(C)=O. The Hall–Kier alpha value is -2.53. The highest BCUT2D eigenvalue weighted by Crippen LogP contribution is 2.21. The monoisotopic (exact) mass is 374 g/mol. The maximum absolute atomic E-state index is 12.3. The molecule has 1 N–H and O–H groups in total. The standard InChI is InChI=1S/C20H23ClN2O3/c1-14-8-9-17(21)12-18(14)22-20(25)10-11-23(15(2)24)13-16-6-4-5-7-19(16)26-3/h4-9,12H,10-11,13H2,1-3H3,(H,22,25). The van der Waals surface area contributed by atoms with Gasteiger partial charge >= 0.3 is 0 Å². The molecule has 0 fully saturated rings. The molecule has 0 heterocycles. The number of halogens is 1. The summed E-state index contributed by atoms with van der Waals surface area (Å²) in [5.74, 6) is 0.460. The Morgan fingerprint density at radius 3 is 2.62 bits per heavy atom. The molecule has 0 radical (unpaired) electrons. The summed E-state index contributed by atoms with van der Waals surface area (Å²) in [4.78, 5) is 25.8. The molecule has 26 heavy (non-hydrogen) atoms.